The summed E-state index contributed by atoms with van der Waals surface area (Å²) in [5, 5.41) is 4.32. The number of hydrogen-bond donors (Lipinski definition) is 2. The number of ether oxygens (including phenoxy) is 1. The average molecular weight is 354 g/mol. The van der Waals surface area contributed by atoms with Crippen molar-refractivity contribution in [2.45, 2.75) is 26.4 Å². The maximum Gasteiger partial charge on any atom is 0.263 e. The fourth-order valence-corrected chi connectivity index (χ4v) is 2.97. The van der Waals surface area contributed by atoms with Crippen molar-refractivity contribution in [2.75, 3.05) is 13.1 Å². The van der Waals surface area contributed by atoms with Crippen molar-refractivity contribution in [3.05, 3.63) is 44.9 Å². The molecule has 1 aromatic carbocycles. The molecule has 0 saturated carbocycles. The molecule has 0 saturated heterocycles. The molecule has 5 nitrogen and oxygen atoms in total. The standard InChI is InChI=1S/C16H20ClN3O2S/c1-11-15(16(21)19-9-3-2-8-18)23-14(20-11)10-22-13-6-4-12(17)5-7-13/h4-7H,2-3,8-10,18H2,1H3,(H,19,21). The molecular weight excluding hydrogens is 334 g/mol. The maximum atomic E-state index is 12.1. The minimum atomic E-state index is -0.0882. The second kappa shape index (κ2) is 8.86. The highest BCUT2D eigenvalue weighted by atomic mass is 35.5. The number of halogens is 1. The Morgan fingerprint density at radius 1 is 1.35 bits per heavy atom. The number of benzene rings is 1. The summed E-state index contributed by atoms with van der Waals surface area (Å²) >= 11 is 7.19. The van der Waals surface area contributed by atoms with E-state index >= 15 is 0 Å². The molecule has 0 atom stereocenters. The van der Waals surface area contributed by atoms with Gasteiger partial charge in [0.2, 0.25) is 0 Å². The molecule has 7 heteroatoms. The molecule has 0 unspecified atom stereocenters. The molecule has 0 spiro atoms. The van der Waals surface area contributed by atoms with Crippen LogP contribution in [0.4, 0.5) is 0 Å². The highest BCUT2D eigenvalue weighted by Crippen LogP contribution is 2.21. The molecule has 0 bridgehead atoms. The Hall–Kier alpha value is -1.63. The minimum absolute atomic E-state index is 0.0882. The third-order valence-corrected chi connectivity index (χ3v) is 4.52. The van der Waals surface area contributed by atoms with Gasteiger partial charge in [-0.1, -0.05) is 11.6 Å². The Morgan fingerprint density at radius 2 is 2.09 bits per heavy atom. The molecular formula is C16H20ClN3O2S. The van der Waals surface area contributed by atoms with Crippen LogP contribution in [0.3, 0.4) is 0 Å². The van der Waals surface area contributed by atoms with E-state index in [0.717, 1.165) is 29.3 Å². The van der Waals surface area contributed by atoms with Crippen molar-refractivity contribution < 1.29 is 9.53 Å². The van der Waals surface area contributed by atoms with Crippen LogP contribution in [-0.4, -0.2) is 24.0 Å². The Labute approximate surface area is 144 Å². The molecule has 1 aromatic heterocycles. The van der Waals surface area contributed by atoms with Gasteiger partial charge in [-0.05, 0) is 50.6 Å². The molecule has 1 amide bonds. The van der Waals surface area contributed by atoms with Gasteiger partial charge < -0.3 is 15.8 Å². The van der Waals surface area contributed by atoms with Crippen molar-refractivity contribution in [1.29, 1.82) is 0 Å². The number of nitrogens with zero attached hydrogens (tertiary/aromatic N) is 1. The second-order valence-electron chi connectivity index (χ2n) is 5.02. The predicted molar refractivity (Wildman–Crippen MR) is 93.3 cm³/mol. The molecule has 0 aliphatic rings. The van der Waals surface area contributed by atoms with Crippen LogP contribution in [0.25, 0.3) is 0 Å². The number of carbonyl (C=O) groups excluding carboxylic acids is 1. The van der Waals surface area contributed by atoms with Crippen LogP contribution in [-0.2, 0) is 6.61 Å². The van der Waals surface area contributed by atoms with Gasteiger partial charge in [0.05, 0.1) is 5.69 Å². The number of unbranched alkanes of at least 4 members (excludes halogenated alkanes) is 1. The third-order valence-electron chi connectivity index (χ3n) is 3.14. The van der Waals surface area contributed by atoms with Gasteiger partial charge in [-0.15, -0.1) is 11.3 Å². The molecule has 0 aliphatic carbocycles. The van der Waals surface area contributed by atoms with E-state index < -0.39 is 0 Å². The zero-order valence-electron chi connectivity index (χ0n) is 13.0. The van der Waals surface area contributed by atoms with E-state index in [9.17, 15) is 4.79 Å². The molecule has 0 aliphatic heterocycles. The van der Waals surface area contributed by atoms with Gasteiger partial charge in [0, 0.05) is 11.6 Å². The van der Waals surface area contributed by atoms with Crippen molar-refractivity contribution in [3.63, 3.8) is 0 Å². The van der Waals surface area contributed by atoms with Crippen LogP contribution >= 0.6 is 22.9 Å². The number of nitrogens with one attached hydrogen (secondary N) is 1. The SMILES string of the molecule is Cc1nc(COc2ccc(Cl)cc2)sc1C(=O)NCCCCN. The largest absolute Gasteiger partial charge is 0.486 e. The summed E-state index contributed by atoms with van der Waals surface area (Å²) in [5.41, 5.74) is 6.15. The number of nitrogens with two attached hydrogens (primary N) is 1. The average Bonchev–Trinajstić information content (AvgIpc) is 2.92. The zero-order valence-corrected chi connectivity index (χ0v) is 14.5. The first-order valence-electron chi connectivity index (χ1n) is 7.43. The summed E-state index contributed by atoms with van der Waals surface area (Å²) < 4.78 is 5.65. The van der Waals surface area contributed by atoms with E-state index in [1.165, 1.54) is 11.3 Å². The lowest BCUT2D eigenvalue weighted by atomic mass is 10.3. The quantitative estimate of drug-likeness (QED) is 0.715. The summed E-state index contributed by atoms with van der Waals surface area (Å²) in [5.74, 6) is 0.629. The van der Waals surface area contributed by atoms with Crippen LogP contribution in [0.5, 0.6) is 5.75 Å². The van der Waals surface area contributed by atoms with Crippen LogP contribution in [0, 0.1) is 6.92 Å². The predicted octanol–water partition coefficient (Wildman–Crippen LogP) is 3.15. The number of aryl methyl sites for hydroxylation is 1. The van der Waals surface area contributed by atoms with Gasteiger partial charge >= 0.3 is 0 Å². The number of thiazole rings is 1. The van der Waals surface area contributed by atoms with Gasteiger partial charge in [0.15, 0.2) is 0 Å². The highest BCUT2D eigenvalue weighted by molar-refractivity contribution is 7.13. The number of hydrogen-bond acceptors (Lipinski definition) is 5. The van der Waals surface area contributed by atoms with E-state index in [-0.39, 0.29) is 5.91 Å². The Balaban J connectivity index is 1.89. The van der Waals surface area contributed by atoms with Crippen molar-refractivity contribution in [2.24, 2.45) is 5.73 Å². The summed E-state index contributed by atoms with van der Waals surface area (Å²) in [4.78, 5) is 17.2. The van der Waals surface area contributed by atoms with Gasteiger partial charge in [-0.3, -0.25) is 4.79 Å². The van der Waals surface area contributed by atoms with E-state index in [0.29, 0.717) is 29.6 Å². The third kappa shape index (κ3) is 5.49. The number of carbonyl (C=O) groups is 1. The topological polar surface area (TPSA) is 77.2 Å². The fourth-order valence-electron chi connectivity index (χ4n) is 1.95. The summed E-state index contributed by atoms with van der Waals surface area (Å²) in [6, 6.07) is 7.14. The van der Waals surface area contributed by atoms with Gasteiger partial charge in [-0.2, -0.15) is 0 Å². The molecule has 1 heterocycles. The zero-order chi connectivity index (χ0) is 16.7. The Kier molecular flexibility index (Phi) is 6.83. The number of rotatable bonds is 8. The minimum Gasteiger partial charge on any atom is -0.486 e. The maximum absolute atomic E-state index is 12.1. The normalized spacial score (nSPS) is 10.6. The molecule has 124 valence electrons. The first kappa shape index (κ1) is 17.7. The molecule has 0 radical (unpaired) electrons. The molecule has 3 N–H and O–H groups in total. The van der Waals surface area contributed by atoms with Crippen molar-refractivity contribution in [3.8, 4) is 5.75 Å². The first-order chi connectivity index (χ1) is 11.1. The van der Waals surface area contributed by atoms with E-state index in [1.54, 1.807) is 24.3 Å². The van der Waals surface area contributed by atoms with Crippen molar-refractivity contribution in [1.82, 2.24) is 10.3 Å². The smallest absolute Gasteiger partial charge is 0.263 e. The van der Waals surface area contributed by atoms with Crippen LogP contribution in [0.1, 0.15) is 33.2 Å². The second-order valence-corrected chi connectivity index (χ2v) is 6.54. The number of aromatic nitrogens is 1. The van der Waals surface area contributed by atoms with Crippen LogP contribution in [0.2, 0.25) is 5.02 Å². The van der Waals surface area contributed by atoms with Crippen LogP contribution < -0.4 is 15.8 Å². The summed E-state index contributed by atoms with van der Waals surface area (Å²) in [7, 11) is 0. The van der Waals surface area contributed by atoms with Gasteiger partial charge in [0.25, 0.3) is 5.91 Å². The fraction of sp³-hybridized carbons (Fsp3) is 0.375. The summed E-state index contributed by atoms with van der Waals surface area (Å²) in [6.07, 6.45) is 1.79. The molecule has 23 heavy (non-hydrogen) atoms. The summed E-state index contributed by atoms with van der Waals surface area (Å²) in [6.45, 7) is 3.43. The van der Waals surface area contributed by atoms with E-state index in [4.69, 9.17) is 22.1 Å². The van der Waals surface area contributed by atoms with Crippen LogP contribution in [0.15, 0.2) is 24.3 Å². The lowest BCUT2D eigenvalue weighted by molar-refractivity contribution is 0.0956. The molecule has 2 aromatic rings. The Morgan fingerprint density at radius 3 is 2.78 bits per heavy atom. The molecule has 0 fully saturated rings. The Bertz CT molecular complexity index is 643. The first-order valence-corrected chi connectivity index (χ1v) is 8.62. The lowest BCUT2D eigenvalue weighted by Crippen LogP contribution is -2.24. The van der Waals surface area contributed by atoms with E-state index in [2.05, 4.69) is 10.3 Å². The molecule has 2 rings (SSSR count). The van der Waals surface area contributed by atoms with Crippen molar-refractivity contribution >= 4 is 28.8 Å². The number of amides is 1. The van der Waals surface area contributed by atoms with Gasteiger partial charge in [0.1, 0.15) is 22.2 Å². The van der Waals surface area contributed by atoms with E-state index in [1.807, 2.05) is 6.92 Å². The lowest BCUT2D eigenvalue weighted by Gasteiger charge is -2.03. The van der Waals surface area contributed by atoms with Gasteiger partial charge in [-0.25, -0.2) is 4.98 Å². The monoisotopic (exact) mass is 353 g/mol. The highest BCUT2D eigenvalue weighted by Gasteiger charge is 2.15.